The van der Waals surface area contributed by atoms with Gasteiger partial charge in [-0.25, -0.2) is 0 Å². The molecule has 0 spiro atoms. The van der Waals surface area contributed by atoms with E-state index in [1.807, 2.05) is 24.3 Å². The highest BCUT2D eigenvalue weighted by Gasteiger charge is 2.16. The molecule has 2 aromatic carbocycles. The summed E-state index contributed by atoms with van der Waals surface area (Å²) in [6.07, 6.45) is 2.92. The first-order valence-electron chi connectivity index (χ1n) is 7.07. The number of hydrogen-bond acceptors (Lipinski definition) is 4. The Morgan fingerprint density at radius 1 is 1.21 bits per heavy atom. The van der Waals surface area contributed by atoms with Crippen LogP contribution in [0.1, 0.15) is 15.9 Å². The van der Waals surface area contributed by atoms with Gasteiger partial charge in [-0.1, -0.05) is 30.3 Å². The van der Waals surface area contributed by atoms with Crippen molar-refractivity contribution in [3.05, 3.63) is 81.5 Å². The number of benzene rings is 2. The molecule has 0 radical (unpaired) electrons. The van der Waals surface area contributed by atoms with Crippen molar-refractivity contribution < 1.29 is 9.72 Å². The molecule has 3 rings (SSSR count). The van der Waals surface area contributed by atoms with E-state index in [0.29, 0.717) is 11.1 Å². The number of nitrogens with one attached hydrogen (secondary N) is 1. The maximum atomic E-state index is 12.6. The Balaban J connectivity index is 2.02. The quantitative estimate of drug-likeness (QED) is 0.259. The molecule has 0 saturated carbocycles. The predicted molar refractivity (Wildman–Crippen MR) is 89.3 cm³/mol. The van der Waals surface area contributed by atoms with E-state index in [1.54, 1.807) is 18.3 Å². The number of fused-ring (bicyclic) bond motifs is 1. The normalized spacial score (nSPS) is 11.2. The smallest absolute Gasteiger partial charge is 0.270 e. The van der Waals surface area contributed by atoms with Crippen molar-refractivity contribution in [1.82, 2.24) is 4.98 Å². The Morgan fingerprint density at radius 2 is 2.00 bits per heavy atom. The summed E-state index contributed by atoms with van der Waals surface area (Å²) in [6.45, 7) is 0. The third kappa shape index (κ3) is 2.78. The monoisotopic (exact) mass is 317 g/mol. The number of non-ortho nitro benzene ring substituents is 1. The van der Waals surface area contributed by atoms with Crippen LogP contribution in [-0.2, 0) is 0 Å². The van der Waals surface area contributed by atoms with Gasteiger partial charge in [-0.2, -0.15) is 5.26 Å². The van der Waals surface area contributed by atoms with Crippen molar-refractivity contribution >= 4 is 28.4 Å². The van der Waals surface area contributed by atoms with E-state index in [1.165, 1.54) is 24.3 Å². The Bertz CT molecular complexity index is 1030. The summed E-state index contributed by atoms with van der Waals surface area (Å²) in [4.78, 5) is 25.9. The van der Waals surface area contributed by atoms with Crippen molar-refractivity contribution in [2.75, 3.05) is 0 Å². The van der Waals surface area contributed by atoms with Gasteiger partial charge in [0.15, 0.2) is 0 Å². The van der Waals surface area contributed by atoms with E-state index in [4.69, 9.17) is 0 Å². The van der Waals surface area contributed by atoms with Crippen LogP contribution in [0.25, 0.3) is 17.0 Å². The van der Waals surface area contributed by atoms with Gasteiger partial charge in [0.1, 0.15) is 11.6 Å². The Hall–Kier alpha value is -3.72. The van der Waals surface area contributed by atoms with Gasteiger partial charge in [0, 0.05) is 34.8 Å². The van der Waals surface area contributed by atoms with Crippen LogP contribution in [0.4, 0.5) is 5.69 Å². The number of nitrogens with zero attached hydrogens (tertiary/aromatic N) is 2. The topological polar surface area (TPSA) is 99.8 Å². The lowest BCUT2D eigenvalue weighted by Crippen LogP contribution is -2.01. The van der Waals surface area contributed by atoms with Gasteiger partial charge in [0.2, 0.25) is 5.78 Å². The molecule has 1 heterocycles. The number of para-hydroxylation sites is 1. The second-order valence-electron chi connectivity index (χ2n) is 5.10. The van der Waals surface area contributed by atoms with Crippen LogP contribution in [0.3, 0.4) is 0 Å². The molecule has 6 nitrogen and oxygen atoms in total. The molecule has 0 aliphatic heterocycles. The van der Waals surface area contributed by atoms with Crippen LogP contribution in [-0.4, -0.2) is 15.7 Å². The number of aromatic amines is 1. The predicted octanol–water partition coefficient (Wildman–Crippen LogP) is 3.87. The molecule has 0 unspecified atom stereocenters. The molecule has 0 atom stereocenters. The molecule has 24 heavy (non-hydrogen) atoms. The van der Waals surface area contributed by atoms with Crippen molar-refractivity contribution in [2.24, 2.45) is 0 Å². The summed E-state index contributed by atoms with van der Waals surface area (Å²) in [5, 5.41) is 20.9. The fourth-order valence-electron chi connectivity index (χ4n) is 2.45. The summed E-state index contributed by atoms with van der Waals surface area (Å²) in [5.41, 5.74) is 1.44. The molecule has 6 heteroatoms. The van der Waals surface area contributed by atoms with Gasteiger partial charge in [-0.15, -0.1) is 0 Å². The van der Waals surface area contributed by atoms with E-state index < -0.39 is 10.7 Å². The number of carbonyl (C=O) groups is 1. The minimum atomic E-state index is -0.523. The Labute approximate surface area is 136 Å². The first-order valence-corrected chi connectivity index (χ1v) is 7.07. The number of Topliss-reactive ketones (excluding diaryl/α,β-unsaturated/α-hetero) is 1. The van der Waals surface area contributed by atoms with Crippen LogP contribution >= 0.6 is 0 Å². The minimum absolute atomic E-state index is 0.0831. The summed E-state index contributed by atoms with van der Waals surface area (Å²) in [6, 6.07) is 14.9. The lowest BCUT2D eigenvalue weighted by Gasteiger charge is -1.99. The molecule has 0 aliphatic carbocycles. The molecular weight excluding hydrogens is 306 g/mol. The van der Waals surface area contributed by atoms with Gasteiger partial charge in [-0.3, -0.25) is 14.9 Å². The van der Waals surface area contributed by atoms with E-state index in [-0.39, 0.29) is 11.3 Å². The molecular formula is C18H11N3O3. The number of ketones is 1. The van der Waals surface area contributed by atoms with E-state index in [2.05, 4.69) is 4.98 Å². The molecule has 116 valence electrons. The zero-order chi connectivity index (χ0) is 17.1. The van der Waals surface area contributed by atoms with Crippen LogP contribution in [0.5, 0.6) is 0 Å². The second-order valence-corrected chi connectivity index (χ2v) is 5.10. The van der Waals surface area contributed by atoms with Crippen LogP contribution in [0, 0.1) is 21.4 Å². The summed E-state index contributed by atoms with van der Waals surface area (Å²) >= 11 is 0. The average Bonchev–Trinajstić information content (AvgIpc) is 3.03. The van der Waals surface area contributed by atoms with Crippen LogP contribution in [0.15, 0.2) is 60.3 Å². The molecule has 1 N–H and O–H groups in total. The highest BCUT2D eigenvalue weighted by atomic mass is 16.6. The number of rotatable bonds is 4. The first-order chi connectivity index (χ1) is 11.6. The fraction of sp³-hybridized carbons (Fsp3) is 0. The van der Waals surface area contributed by atoms with Crippen LogP contribution in [0.2, 0.25) is 0 Å². The summed E-state index contributed by atoms with van der Waals surface area (Å²) in [7, 11) is 0. The SMILES string of the molecule is N#C/C(=C\c1cccc([N+](=O)[O-])c1)C(=O)c1c[nH]c2ccccc12. The van der Waals surface area contributed by atoms with Crippen molar-refractivity contribution in [3.8, 4) is 6.07 Å². The second kappa shape index (κ2) is 6.18. The van der Waals surface area contributed by atoms with Crippen molar-refractivity contribution in [2.45, 2.75) is 0 Å². The molecule has 1 aromatic heterocycles. The third-order valence-corrected chi connectivity index (χ3v) is 3.59. The highest BCUT2D eigenvalue weighted by molar-refractivity contribution is 6.19. The lowest BCUT2D eigenvalue weighted by molar-refractivity contribution is -0.384. The summed E-state index contributed by atoms with van der Waals surface area (Å²) < 4.78 is 0. The molecule has 0 saturated heterocycles. The Kier molecular flexibility index (Phi) is 3.91. The molecule has 3 aromatic rings. The Morgan fingerprint density at radius 3 is 2.75 bits per heavy atom. The lowest BCUT2D eigenvalue weighted by atomic mass is 10.0. The van der Waals surface area contributed by atoms with Gasteiger partial charge in [-0.05, 0) is 17.7 Å². The van der Waals surface area contributed by atoms with E-state index >= 15 is 0 Å². The largest absolute Gasteiger partial charge is 0.360 e. The number of nitro groups is 1. The van der Waals surface area contributed by atoms with Gasteiger partial charge >= 0.3 is 0 Å². The molecule has 0 amide bonds. The van der Waals surface area contributed by atoms with Gasteiger partial charge in [0.25, 0.3) is 5.69 Å². The molecule has 0 aliphatic rings. The van der Waals surface area contributed by atoms with E-state index in [9.17, 15) is 20.2 Å². The zero-order valence-corrected chi connectivity index (χ0v) is 12.4. The molecule has 0 bridgehead atoms. The fourth-order valence-corrected chi connectivity index (χ4v) is 2.45. The minimum Gasteiger partial charge on any atom is -0.360 e. The number of allylic oxidation sites excluding steroid dienone is 1. The maximum absolute atomic E-state index is 12.6. The third-order valence-electron chi connectivity index (χ3n) is 3.59. The maximum Gasteiger partial charge on any atom is 0.270 e. The summed E-state index contributed by atoms with van der Waals surface area (Å²) in [5.74, 6) is -0.429. The van der Waals surface area contributed by atoms with Gasteiger partial charge in [0.05, 0.1) is 4.92 Å². The highest BCUT2D eigenvalue weighted by Crippen LogP contribution is 2.22. The number of H-pyrrole nitrogens is 1. The average molecular weight is 317 g/mol. The zero-order valence-electron chi connectivity index (χ0n) is 12.4. The van der Waals surface area contributed by atoms with Crippen molar-refractivity contribution in [1.29, 1.82) is 5.26 Å². The van der Waals surface area contributed by atoms with Crippen LogP contribution < -0.4 is 0 Å². The number of nitriles is 1. The number of hydrogen-bond donors (Lipinski definition) is 1. The standard InChI is InChI=1S/C18H11N3O3/c19-10-13(8-12-4-3-5-14(9-12)21(23)24)18(22)16-11-20-17-7-2-1-6-15(16)17/h1-9,11,20H/b13-8+. The van der Waals surface area contributed by atoms with Gasteiger partial charge < -0.3 is 4.98 Å². The van der Waals surface area contributed by atoms with E-state index in [0.717, 1.165) is 10.9 Å². The number of nitro benzene ring substituents is 1. The number of aromatic nitrogens is 1. The molecule has 0 fully saturated rings. The first kappa shape index (κ1) is 15.2. The number of carbonyl (C=O) groups excluding carboxylic acids is 1. The van der Waals surface area contributed by atoms with Crippen molar-refractivity contribution in [3.63, 3.8) is 0 Å².